The summed E-state index contributed by atoms with van der Waals surface area (Å²) in [6.45, 7) is 1.88. The van der Waals surface area contributed by atoms with E-state index in [0.717, 1.165) is 11.1 Å². The van der Waals surface area contributed by atoms with Crippen LogP contribution in [0.4, 0.5) is 5.82 Å². The van der Waals surface area contributed by atoms with Crippen LogP contribution in [0.25, 0.3) is 11.0 Å². The molecule has 2 aromatic heterocycles. The van der Waals surface area contributed by atoms with E-state index in [1.54, 1.807) is 18.2 Å². The number of carbonyl (C=O) groups is 1. The fourth-order valence-electron chi connectivity index (χ4n) is 1.94. The minimum absolute atomic E-state index is 0.0705. The molecule has 6 heteroatoms. The Hall–Kier alpha value is -2.89. The van der Waals surface area contributed by atoms with Crippen molar-refractivity contribution in [1.82, 2.24) is 15.2 Å². The van der Waals surface area contributed by atoms with E-state index in [2.05, 4.69) is 20.5 Å². The summed E-state index contributed by atoms with van der Waals surface area (Å²) in [4.78, 5) is 16.4. The van der Waals surface area contributed by atoms with Crippen molar-refractivity contribution >= 4 is 22.8 Å². The average Bonchev–Trinajstić information content (AvgIpc) is 2.81. The molecule has 0 aliphatic rings. The molecule has 0 unspecified atom stereocenters. The molecule has 20 heavy (non-hydrogen) atoms. The first-order valence-corrected chi connectivity index (χ1v) is 6.06. The van der Waals surface area contributed by atoms with Gasteiger partial charge in [-0.1, -0.05) is 12.1 Å². The maximum Gasteiger partial charge on any atom is 0.260 e. The summed E-state index contributed by atoms with van der Waals surface area (Å²) < 4.78 is 0. The van der Waals surface area contributed by atoms with Gasteiger partial charge in [-0.2, -0.15) is 5.10 Å². The first-order chi connectivity index (χ1) is 9.65. The molecule has 3 N–H and O–H groups in total. The summed E-state index contributed by atoms with van der Waals surface area (Å²) in [5, 5.41) is 19.8. The molecule has 1 amide bonds. The van der Waals surface area contributed by atoms with Crippen LogP contribution in [0.15, 0.2) is 36.4 Å². The Kier molecular flexibility index (Phi) is 2.83. The normalized spacial score (nSPS) is 10.7. The lowest BCUT2D eigenvalue weighted by atomic mass is 10.2. The number of rotatable bonds is 2. The van der Waals surface area contributed by atoms with Gasteiger partial charge in [0.05, 0.1) is 10.9 Å². The topological polar surface area (TPSA) is 90.9 Å². The third-order valence-electron chi connectivity index (χ3n) is 2.94. The Morgan fingerprint density at radius 2 is 2.05 bits per heavy atom. The lowest BCUT2D eigenvalue weighted by Gasteiger charge is -2.04. The van der Waals surface area contributed by atoms with E-state index in [1.807, 2.05) is 19.1 Å². The zero-order valence-corrected chi connectivity index (χ0v) is 10.7. The van der Waals surface area contributed by atoms with Crippen molar-refractivity contribution in [3.8, 4) is 5.75 Å². The third kappa shape index (κ3) is 2.07. The second-order valence-corrected chi connectivity index (χ2v) is 4.39. The number of carbonyl (C=O) groups excluding carboxylic acids is 1. The highest BCUT2D eigenvalue weighted by Crippen LogP contribution is 2.21. The number of para-hydroxylation sites is 1. The lowest BCUT2D eigenvalue weighted by molar-refractivity contribution is 0.102. The number of H-pyrrole nitrogens is 1. The van der Waals surface area contributed by atoms with Crippen LogP contribution in [0.3, 0.4) is 0 Å². The van der Waals surface area contributed by atoms with Crippen LogP contribution in [0.2, 0.25) is 0 Å². The summed E-state index contributed by atoms with van der Waals surface area (Å²) in [6, 6.07) is 10.0. The average molecular weight is 268 g/mol. The van der Waals surface area contributed by atoms with Gasteiger partial charge in [0, 0.05) is 5.69 Å². The lowest BCUT2D eigenvalue weighted by Crippen LogP contribution is -2.12. The zero-order valence-electron chi connectivity index (χ0n) is 10.7. The Bertz CT molecular complexity index is 795. The van der Waals surface area contributed by atoms with Crippen molar-refractivity contribution in [2.75, 3.05) is 5.32 Å². The number of anilines is 1. The predicted octanol–water partition coefficient (Wildman–Crippen LogP) is 2.22. The number of nitrogens with one attached hydrogen (secondary N) is 2. The summed E-state index contributed by atoms with van der Waals surface area (Å²) in [6.07, 6.45) is 0. The Labute approximate surface area is 114 Å². The highest BCUT2D eigenvalue weighted by Gasteiger charge is 2.14. The number of hydrogen-bond acceptors (Lipinski definition) is 4. The molecule has 0 bridgehead atoms. The van der Waals surface area contributed by atoms with Gasteiger partial charge >= 0.3 is 0 Å². The predicted molar refractivity (Wildman–Crippen MR) is 74.7 cm³/mol. The van der Waals surface area contributed by atoms with Crippen LogP contribution in [-0.4, -0.2) is 26.2 Å². The maximum absolute atomic E-state index is 12.1. The van der Waals surface area contributed by atoms with Gasteiger partial charge in [0.25, 0.3) is 5.91 Å². The van der Waals surface area contributed by atoms with E-state index in [1.165, 1.54) is 6.07 Å². The van der Waals surface area contributed by atoms with E-state index >= 15 is 0 Å². The van der Waals surface area contributed by atoms with E-state index < -0.39 is 5.91 Å². The van der Waals surface area contributed by atoms with Crippen LogP contribution in [0.1, 0.15) is 16.1 Å². The molecule has 0 atom stereocenters. The summed E-state index contributed by atoms with van der Waals surface area (Å²) in [7, 11) is 0. The van der Waals surface area contributed by atoms with E-state index in [0.29, 0.717) is 11.5 Å². The van der Waals surface area contributed by atoms with Gasteiger partial charge < -0.3 is 10.4 Å². The highest BCUT2D eigenvalue weighted by molar-refractivity contribution is 6.08. The minimum atomic E-state index is -0.419. The zero-order chi connectivity index (χ0) is 14.1. The molecule has 3 rings (SSSR count). The van der Waals surface area contributed by atoms with Crippen LogP contribution in [0, 0.1) is 6.92 Å². The number of phenols is 1. The van der Waals surface area contributed by atoms with E-state index in [4.69, 9.17) is 0 Å². The first-order valence-electron chi connectivity index (χ1n) is 6.06. The summed E-state index contributed by atoms with van der Waals surface area (Å²) >= 11 is 0. The first kappa shape index (κ1) is 12.2. The maximum atomic E-state index is 12.1. The van der Waals surface area contributed by atoms with Crippen LogP contribution in [-0.2, 0) is 0 Å². The van der Waals surface area contributed by atoms with Crippen molar-refractivity contribution in [2.45, 2.75) is 6.92 Å². The number of fused-ring (bicyclic) bond motifs is 1. The number of aromatic hydroxyl groups is 1. The van der Waals surface area contributed by atoms with Crippen LogP contribution >= 0.6 is 0 Å². The van der Waals surface area contributed by atoms with Crippen molar-refractivity contribution in [3.63, 3.8) is 0 Å². The SMILES string of the molecule is Cc1ccc2c(NC(=O)c3ccccc3O)n[nH]c2n1. The van der Waals surface area contributed by atoms with Gasteiger partial charge in [0.15, 0.2) is 11.5 Å². The van der Waals surface area contributed by atoms with Gasteiger partial charge in [-0.15, -0.1) is 0 Å². The molecule has 1 aromatic carbocycles. The number of aromatic nitrogens is 3. The van der Waals surface area contributed by atoms with E-state index in [9.17, 15) is 9.90 Å². The quantitative estimate of drug-likeness (QED) is 0.664. The number of nitrogens with zero attached hydrogens (tertiary/aromatic N) is 2. The highest BCUT2D eigenvalue weighted by atomic mass is 16.3. The number of amides is 1. The van der Waals surface area contributed by atoms with E-state index in [-0.39, 0.29) is 11.3 Å². The van der Waals surface area contributed by atoms with Crippen molar-refractivity contribution in [3.05, 3.63) is 47.7 Å². The van der Waals surface area contributed by atoms with Gasteiger partial charge in [-0.05, 0) is 31.2 Å². The molecule has 0 fully saturated rings. The van der Waals surface area contributed by atoms with Gasteiger partial charge in [0.1, 0.15) is 5.75 Å². The molecule has 6 nitrogen and oxygen atoms in total. The Balaban J connectivity index is 1.94. The van der Waals surface area contributed by atoms with Crippen LogP contribution in [0.5, 0.6) is 5.75 Å². The number of aromatic amines is 1. The molecular weight excluding hydrogens is 256 g/mol. The second-order valence-electron chi connectivity index (χ2n) is 4.39. The number of phenolic OH excluding ortho intramolecular Hbond substituents is 1. The fourth-order valence-corrected chi connectivity index (χ4v) is 1.94. The fraction of sp³-hybridized carbons (Fsp3) is 0.0714. The minimum Gasteiger partial charge on any atom is -0.507 e. The van der Waals surface area contributed by atoms with Crippen LogP contribution < -0.4 is 5.32 Å². The second kappa shape index (κ2) is 4.65. The molecule has 0 saturated heterocycles. The van der Waals surface area contributed by atoms with Gasteiger partial charge in [-0.25, -0.2) is 4.98 Å². The summed E-state index contributed by atoms with van der Waals surface area (Å²) in [5.41, 5.74) is 1.67. The van der Waals surface area contributed by atoms with Crippen molar-refractivity contribution in [2.24, 2.45) is 0 Å². The molecule has 0 aliphatic heterocycles. The van der Waals surface area contributed by atoms with Crippen molar-refractivity contribution in [1.29, 1.82) is 0 Å². The molecule has 0 aliphatic carbocycles. The molecule has 3 aromatic rings. The largest absolute Gasteiger partial charge is 0.507 e. The Morgan fingerprint density at radius 3 is 2.85 bits per heavy atom. The molecule has 0 radical (unpaired) electrons. The molecule has 0 spiro atoms. The standard InChI is InChI=1S/C14H12N4O2/c1-8-6-7-10-12(15-8)17-18-13(10)16-14(20)9-4-2-3-5-11(9)19/h2-7,19H,1H3,(H2,15,16,17,18,20). The van der Waals surface area contributed by atoms with Crippen molar-refractivity contribution < 1.29 is 9.90 Å². The number of aryl methyl sites for hydroxylation is 1. The monoisotopic (exact) mass is 268 g/mol. The molecule has 2 heterocycles. The molecule has 0 saturated carbocycles. The van der Waals surface area contributed by atoms with Gasteiger partial charge in [0.2, 0.25) is 0 Å². The number of benzene rings is 1. The molecule has 100 valence electrons. The number of pyridine rings is 1. The summed E-state index contributed by atoms with van der Waals surface area (Å²) in [5.74, 6) is -0.100. The smallest absolute Gasteiger partial charge is 0.260 e. The third-order valence-corrected chi connectivity index (χ3v) is 2.94. The Morgan fingerprint density at radius 1 is 1.25 bits per heavy atom. The number of hydrogen-bond donors (Lipinski definition) is 3. The van der Waals surface area contributed by atoms with Gasteiger partial charge in [-0.3, -0.25) is 9.89 Å². The molecular formula is C14H12N4O2.